The average molecular weight is 760 g/mol. The Labute approximate surface area is 314 Å². The van der Waals surface area contributed by atoms with Crippen LogP contribution in [0.3, 0.4) is 0 Å². The standard InChI is InChI=1S/C39H37Cl2FN6O5/c1-53-31-15-29(37(42)38(51)30(31)20-44-19-24-9-11-34(50)47-24)28-7-3-6-27(36(28)41)26-5-2-4-25(35(26)40)21-12-13-48-32(14-21)45-17-22(39(48)52)16-43-18-23-8-10-33(49)46-23/h2-7,12-15,17,23-24,43-44,51H,8-11,16,18-20H2,1H3,(H,46,49)(H,47,50)/t23-,24-/m0/s1. The molecule has 2 aliphatic heterocycles. The second-order valence-corrected chi connectivity index (χ2v) is 14.0. The third kappa shape index (κ3) is 7.45. The van der Waals surface area contributed by atoms with Crippen LogP contribution in [-0.4, -0.2) is 58.6 Å². The van der Waals surface area contributed by atoms with Crippen LogP contribution in [0.15, 0.2) is 71.8 Å². The fourth-order valence-electron chi connectivity index (χ4n) is 6.93. The van der Waals surface area contributed by atoms with Crippen LogP contribution in [0.1, 0.15) is 36.8 Å². The highest BCUT2D eigenvalue weighted by molar-refractivity contribution is 6.39. The number of rotatable bonds is 12. The second kappa shape index (κ2) is 15.5. The van der Waals surface area contributed by atoms with Gasteiger partial charge >= 0.3 is 0 Å². The molecule has 2 saturated heterocycles. The first-order valence-electron chi connectivity index (χ1n) is 17.3. The molecule has 0 aliphatic carbocycles. The molecule has 274 valence electrons. The molecule has 2 fully saturated rings. The number of nitrogens with one attached hydrogen (secondary N) is 4. The number of carbonyl (C=O) groups excluding carboxylic acids is 2. The topological polar surface area (TPSA) is 146 Å². The average Bonchev–Trinajstić information content (AvgIpc) is 3.78. The lowest BCUT2D eigenvalue weighted by Gasteiger charge is -2.18. The summed E-state index contributed by atoms with van der Waals surface area (Å²) in [6.07, 6.45) is 5.66. The molecule has 0 saturated carbocycles. The number of aromatic hydroxyl groups is 1. The van der Waals surface area contributed by atoms with E-state index < -0.39 is 11.6 Å². The molecule has 2 amide bonds. The molecular formula is C39H37Cl2FN6O5. The van der Waals surface area contributed by atoms with Crippen LogP contribution in [0.2, 0.25) is 10.0 Å². The number of pyridine rings is 1. The van der Waals surface area contributed by atoms with Crippen molar-refractivity contribution >= 4 is 40.7 Å². The Morgan fingerprint density at radius 3 is 2.06 bits per heavy atom. The van der Waals surface area contributed by atoms with E-state index in [1.54, 1.807) is 42.7 Å². The predicted molar refractivity (Wildman–Crippen MR) is 202 cm³/mol. The summed E-state index contributed by atoms with van der Waals surface area (Å²) in [5.41, 5.74) is 3.90. The zero-order valence-corrected chi connectivity index (χ0v) is 30.3. The van der Waals surface area contributed by atoms with E-state index in [-0.39, 0.29) is 57.9 Å². The highest BCUT2D eigenvalue weighted by Gasteiger charge is 2.25. The van der Waals surface area contributed by atoms with Crippen LogP contribution in [0.25, 0.3) is 39.0 Å². The summed E-state index contributed by atoms with van der Waals surface area (Å²) in [6.45, 7) is 1.46. The Bertz CT molecular complexity index is 2300. The monoisotopic (exact) mass is 758 g/mol. The maximum absolute atomic E-state index is 15.9. The number of ether oxygens (including phenoxy) is 1. The lowest BCUT2D eigenvalue weighted by molar-refractivity contribution is -0.120. The molecule has 0 unspecified atom stereocenters. The number of methoxy groups -OCH3 is 1. The largest absolute Gasteiger partial charge is 0.504 e. The third-order valence-electron chi connectivity index (χ3n) is 9.76. The Balaban J connectivity index is 1.14. The van der Waals surface area contributed by atoms with Gasteiger partial charge in [-0.2, -0.15) is 0 Å². The van der Waals surface area contributed by atoms with Gasteiger partial charge in [0, 0.05) is 96.9 Å². The third-order valence-corrected chi connectivity index (χ3v) is 10.6. The maximum Gasteiger partial charge on any atom is 0.262 e. The Hall–Kier alpha value is -5.01. The van der Waals surface area contributed by atoms with Crippen LogP contribution in [-0.2, 0) is 22.7 Å². The van der Waals surface area contributed by atoms with Gasteiger partial charge in [-0.05, 0) is 36.6 Å². The molecule has 53 heavy (non-hydrogen) atoms. The highest BCUT2D eigenvalue weighted by Crippen LogP contribution is 2.45. The first-order valence-corrected chi connectivity index (χ1v) is 18.1. The van der Waals surface area contributed by atoms with Crippen LogP contribution < -0.4 is 31.6 Å². The summed E-state index contributed by atoms with van der Waals surface area (Å²) in [7, 11) is 1.44. The predicted octanol–water partition coefficient (Wildman–Crippen LogP) is 5.59. The molecular weight excluding hydrogens is 722 g/mol. The Morgan fingerprint density at radius 2 is 1.45 bits per heavy atom. The van der Waals surface area contributed by atoms with E-state index in [4.69, 9.17) is 27.9 Å². The molecule has 0 spiro atoms. The van der Waals surface area contributed by atoms with Gasteiger partial charge in [0.25, 0.3) is 5.56 Å². The van der Waals surface area contributed by atoms with Crippen LogP contribution in [0.4, 0.5) is 4.39 Å². The fourth-order valence-corrected chi connectivity index (χ4v) is 7.60. The van der Waals surface area contributed by atoms with Gasteiger partial charge in [0.15, 0.2) is 11.6 Å². The number of hydrogen-bond donors (Lipinski definition) is 5. The number of aromatic nitrogens is 2. The summed E-state index contributed by atoms with van der Waals surface area (Å²) in [4.78, 5) is 40.8. The normalized spacial score (nSPS) is 17.0. The van der Waals surface area contributed by atoms with Crippen LogP contribution in [0, 0.1) is 5.82 Å². The van der Waals surface area contributed by atoms with E-state index in [2.05, 4.69) is 26.3 Å². The number of nitrogens with zero attached hydrogens (tertiary/aromatic N) is 2. The Kier molecular flexibility index (Phi) is 10.7. The number of halogens is 3. The SMILES string of the molecule is COc1cc(-c2cccc(-c3cccc(-c4ccn5c(=O)c(CNC[C@@H]6CCC(=O)N6)cnc5c4)c3Cl)c2Cl)c(F)c(O)c1CNC[C@@H]1CCC(=O)N1. The van der Waals surface area contributed by atoms with Crippen molar-refractivity contribution in [1.82, 2.24) is 30.7 Å². The van der Waals surface area contributed by atoms with Crippen molar-refractivity contribution in [1.29, 1.82) is 0 Å². The molecule has 4 heterocycles. The minimum atomic E-state index is -0.851. The summed E-state index contributed by atoms with van der Waals surface area (Å²) < 4.78 is 23.0. The molecule has 2 aliphatic rings. The zero-order valence-electron chi connectivity index (χ0n) is 28.8. The number of amides is 2. The lowest BCUT2D eigenvalue weighted by atomic mass is 9.95. The quantitative estimate of drug-likeness (QED) is 0.111. The molecule has 2 aromatic heterocycles. The van der Waals surface area contributed by atoms with Gasteiger partial charge in [-0.25, -0.2) is 9.37 Å². The number of benzene rings is 3. The molecule has 2 atom stereocenters. The van der Waals surface area contributed by atoms with Gasteiger partial charge in [-0.3, -0.25) is 18.8 Å². The summed E-state index contributed by atoms with van der Waals surface area (Å²) in [5.74, 6) is -1.10. The number of phenolic OH excluding ortho intramolecular Hbond substituents is 1. The summed E-state index contributed by atoms with van der Waals surface area (Å²) >= 11 is 14.1. The maximum atomic E-state index is 15.9. The van der Waals surface area contributed by atoms with Crippen molar-refractivity contribution < 1.29 is 23.8 Å². The molecule has 3 aromatic carbocycles. The van der Waals surface area contributed by atoms with E-state index in [0.29, 0.717) is 77.4 Å². The second-order valence-electron chi connectivity index (χ2n) is 13.2. The molecule has 0 radical (unpaired) electrons. The van der Waals surface area contributed by atoms with Crippen molar-refractivity contribution in [2.75, 3.05) is 20.2 Å². The van der Waals surface area contributed by atoms with Crippen molar-refractivity contribution in [3.05, 3.63) is 104 Å². The highest BCUT2D eigenvalue weighted by atomic mass is 35.5. The number of phenols is 1. The van der Waals surface area contributed by atoms with Crippen LogP contribution >= 0.6 is 23.2 Å². The molecule has 7 rings (SSSR count). The van der Waals surface area contributed by atoms with E-state index in [9.17, 15) is 19.5 Å². The minimum absolute atomic E-state index is 0.00325. The number of fused-ring (bicyclic) bond motifs is 1. The van der Waals surface area contributed by atoms with Crippen molar-refractivity contribution in [3.8, 4) is 44.9 Å². The van der Waals surface area contributed by atoms with Gasteiger partial charge in [0.1, 0.15) is 11.4 Å². The van der Waals surface area contributed by atoms with E-state index in [1.165, 1.54) is 17.6 Å². The molecule has 0 bridgehead atoms. The Morgan fingerprint density at radius 1 is 0.868 bits per heavy atom. The first kappa shape index (κ1) is 36.4. The molecule has 14 heteroatoms. The first-order chi connectivity index (χ1) is 25.6. The van der Waals surface area contributed by atoms with E-state index in [1.807, 2.05) is 18.2 Å². The number of carbonyl (C=O) groups is 2. The van der Waals surface area contributed by atoms with Crippen molar-refractivity contribution in [3.63, 3.8) is 0 Å². The minimum Gasteiger partial charge on any atom is -0.504 e. The van der Waals surface area contributed by atoms with Crippen LogP contribution in [0.5, 0.6) is 11.5 Å². The van der Waals surface area contributed by atoms with E-state index in [0.717, 1.165) is 12.0 Å². The van der Waals surface area contributed by atoms with Gasteiger partial charge in [-0.15, -0.1) is 0 Å². The fraction of sp³-hybridized carbons (Fsp3) is 0.282. The molecule has 5 N–H and O–H groups in total. The van der Waals surface area contributed by atoms with Gasteiger partial charge in [0.2, 0.25) is 11.8 Å². The van der Waals surface area contributed by atoms with Crippen molar-refractivity contribution in [2.45, 2.75) is 50.9 Å². The smallest absolute Gasteiger partial charge is 0.262 e. The summed E-state index contributed by atoms with van der Waals surface area (Å²) in [6, 6.07) is 15.8. The molecule has 11 nitrogen and oxygen atoms in total. The van der Waals surface area contributed by atoms with Crippen molar-refractivity contribution in [2.24, 2.45) is 0 Å². The molecule has 5 aromatic rings. The van der Waals surface area contributed by atoms with Gasteiger partial charge in [0.05, 0.1) is 22.7 Å². The lowest BCUT2D eigenvalue weighted by Crippen LogP contribution is -2.36. The van der Waals surface area contributed by atoms with Gasteiger partial charge in [-0.1, -0.05) is 59.6 Å². The number of hydrogen-bond acceptors (Lipinski definition) is 8. The van der Waals surface area contributed by atoms with E-state index >= 15 is 4.39 Å². The zero-order chi connectivity index (χ0) is 37.2. The van der Waals surface area contributed by atoms with Gasteiger partial charge < -0.3 is 31.1 Å². The summed E-state index contributed by atoms with van der Waals surface area (Å²) in [5, 5.41) is 23.8.